The largest absolute Gasteiger partial charge is 0.502 e. The molecule has 1 aromatic carbocycles. The molecule has 1 aromatic rings. The maximum Gasteiger partial charge on any atom is 0.319 e. The Morgan fingerprint density at radius 3 is 2.65 bits per heavy atom. The summed E-state index contributed by atoms with van der Waals surface area (Å²) >= 11 is 0. The number of nitro benzene ring substituents is 1. The number of nitrogens with zero attached hydrogens (tertiary/aromatic N) is 1. The monoisotopic (exact) mass is 322 g/mol. The molecule has 0 bridgehead atoms. The zero-order valence-corrected chi connectivity index (χ0v) is 13.1. The van der Waals surface area contributed by atoms with Gasteiger partial charge in [-0.1, -0.05) is 0 Å². The van der Waals surface area contributed by atoms with Crippen LogP contribution in [-0.2, 0) is 20.7 Å². The molecule has 0 saturated carbocycles. The number of phenolic OH excluding ortho intramolecular Hbond substituents is 1. The van der Waals surface area contributed by atoms with Crippen molar-refractivity contribution < 1.29 is 24.4 Å². The molecule has 1 aliphatic rings. The fraction of sp³-hybridized carbons (Fsp3) is 0.467. The Bertz CT molecular complexity index is 677. The maximum atomic E-state index is 12.2. The topological polar surface area (TPSA) is 119 Å². The van der Waals surface area contributed by atoms with Crippen LogP contribution >= 0.6 is 0 Å². The molecule has 8 heteroatoms. The van der Waals surface area contributed by atoms with Gasteiger partial charge in [-0.15, -0.1) is 0 Å². The van der Waals surface area contributed by atoms with Crippen LogP contribution < -0.4 is 5.32 Å². The molecular weight excluding hydrogens is 304 g/mol. The van der Waals surface area contributed by atoms with Gasteiger partial charge in [0.15, 0.2) is 5.75 Å². The minimum atomic E-state index is -0.997. The molecule has 2 N–H and O–H groups in total. The van der Waals surface area contributed by atoms with E-state index in [1.54, 1.807) is 20.8 Å². The van der Waals surface area contributed by atoms with Crippen LogP contribution in [0.3, 0.4) is 0 Å². The molecule has 2 rings (SSSR count). The Kier molecular flexibility index (Phi) is 4.26. The van der Waals surface area contributed by atoms with E-state index in [-0.39, 0.29) is 18.5 Å². The van der Waals surface area contributed by atoms with Crippen molar-refractivity contribution in [3.05, 3.63) is 27.8 Å². The summed E-state index contributed by atoms with van der Waals surface area (Å²) in [6.45, 7) is 5.11. The predicted molar refractivity (Wildman–Crippen MR) is 81.0 cm³/mol. The van der Waals surface area contributed by atoms with Crippen LogP contribution in [0.15, 0.2) is 12.1 Å². The first-order chi connectivity index (χ1) is 10.6. The molecule has 1 aliphatic heterocycles. The van der Waals surface area contributed by atoms with E-state index >= 15 is 0 Å². The second kappa shape index (κ2) is 5.86. The van der Waals surface area contributed by atoms with Crippen molar-refractivity contribution in [1.29, 1.82) is 0 Å². The number of esters is 1. The number of ether oxygens (including phenoxy) is 1. The lowest BCUT2D eigenvalue weighted by molar-refractivity contribution is -0.385. The molecule has 1 atom stereocenters. The lowest BCUT2D eigenvalue weighted by atomic mass is 10.00. The average Bonchev–Trinajstić information content (AvgIpc) is 2.53. The van der Waals surface area contributed by atoms with Gasteiger partial charge in [0.25, 0.3) is 0 Å². The molecule has 0 unspecified atom stereocenters. The summed E-state index contributed by atoms with van der Waals surface area (Å²) in [6, 6.07) is 2.34. The van der Waals surface area contributed by atoms with E-state index in [2.05, 4.69) is 5.32 Å². The molecule has 0 radical (unpaired) electrons. The van der Waals surface area contributed by atoms with Crippen LogP contribution in [0.1, 0.15) is 32.8 Å². The first-order valence-corrected chi connectivity index (χ1v) is 7.12. The van der Waals surface area contributed by atoms with Crippen LogP contribution in [0.5, 0.6) is 5.75 Å². The van der Waals surface area contributed by atoms with Gasteiger partial charge < -0.3 is 15.2 Å². The number of fused-ring (bicyclic) bond motifs is 1. The quantitative estimate of drug-likeness (QED) is 0.373. The third kappa shape index (κ3) is 3.77. The summed E-state index contributed by atoms with van der Waals surface area (Å²) in [5.41, 5.74) is -0.389. The van der Waals surface area contributed by atoms with Gasteiger partial charge in [0.2, 0.25) is 5.91 Å². The minimum Gasteiger partial charge on any atom is -0.502 e. The molecule has 124 valence electrons. The molecule has 8 nitrogen and oxygen atoms in total. The van der Waals surface area contributed by atoms with E-state index in [1.165, 1.54) is 6.07 Å². The van der Waals surface area contributed by atoms with Gasteiger partial charge in [-0.25, -0.2) is 0 Å². The van der Waals surface area contributed by atoms with E-state index in [0.717, 1.165) is 6.07 Å². The zero-order chi connectivity index (χ0) is 17.4. The van der Waals surface area contributed by atoms with Gasteiger partial charge in [0.05, 0.1) is 4.92 Å². The van der Waals surface area contributed by atoms with Crippen molar-refractivity contribution in [2.24, 2.45) is 5.92 Å². The van der Waals surface area contributed by atoms with Gasteiger partial charge in [0, 0.05) is 17.8 Å². The normalized spacial score (nSPS) is 17.7. The average molecular weight is 322 g/mol. The zero-order valence-electron chi connectivity index (χ0n) is 13.1. The molecule has 0 aliphatic carbocycles. The Morgan fingerprint density at radius 1 is 1.43 bits per heavy atom. The van der Waals surface area contributed by atoms with Gasteiger partial charge in [0.1, 0.15) is 11.5 Å². The van der Waals surface area contributed by atoms with Crippen molar-refractivity contribution in [3.63, 3.8) is 0 Å². The molecule has 0 fully saturated rings. The minimum absolute atomic E-state index is 0.176. The van der Waals surface area contributed by atoms with Crippen LogP contribution in [0.25, 0.3) is 0 Å². The Labute approximate surface area is 132 Å². The number of carbonyl (C=O) groups is 2. The van der Waals surface area contributed by atoms with Crippen molar-refractivity contribution >= 4 is 23.3 Å². The lowest BCUT2D eigenvalue weighted by Crippen LogP contribution is -2.35. The summed E-state index contributed by atoms with van der Waals surface area (Å²) in [5, 5.41) is 23.1. The molecular formula is C15H18N2O6. The van der Waals surface area contributed by atoms with Crippen LogP contribution in [-0.4, -0.2) is 27.5 Å². The first kappa shape index (κ1) is 16.7. The van der Waals surface area contributed by atoms with E-state index in [4.69, 9.17) is 4.74 Å². The van der Waals surface area contributed by atoms with E-state index in [9.17, 15) is 24.8 Å². The summed E-state index contributed by atoms with van der Waals surface area (Å²) in [4.78, 5) is 34.5. The summed E-state index contributed by atoms with van der Waals surface area (Å²) in [6.07, 6.45) is 0.453. The highest BCUT2D eigenvalue weighted by Gasteiger charge is 2.34. The van der Waals surface area contributed by atoms with Crippen molar-refractivity contribution in [2.45, 2.75) is 39.2 Å². The Hall–Kier alpha value is -2.64. The highest BCUT2D eigenvalue weighted by atomic mass is 16.6. The number of rotatable bonds is 2. The molecule has 1 heterocycles. The summed E-state index contributed by atoms with van der Waals surface area (Å²) in [7, 11) is 0. The number of anilines is 1. The predicted octanol–water partition coefficient (Wildman–Crippen LogP) is 2.14. The number of hydrogen-bond donors (Lipinski definition) is 2. The molecule has 23 heavy (non-hydrogen) atoms. The van der Waals surface area contributed by atoms with Crippen molar-refractivity contribution in [1.82, 2.24) is 0 Å². The summed E-state index contributed by atoms with van der Waals surface area (Å²) in [5.74, 6) is -2.72. The van der Waals surface area contributed by atoms with E-state index < -0.39 is 39.8 Å². The number of nitro groups is 1. The lowest BCUT2D eigenvalue weighted by Gasteiger charge is -2.22. The SMILES string of the molecule is CC(C)(C)OC(=O)[C@@H]1CCc2cc([N+](=O)[O-])c(O)cc2NC1=O. The first-order valence-electron chi connectivity index (χ1n) is 7.12. The Balaban J connectivity index is 2.27. The van der Waals surface area contributed by atoms with Gasteiger partial charge in [-0.3, -0.25) is 19.7 Å². The number of amides is 1. The molecule has 1 amide bonds. The van der Waals surface area contributed by atoms with Crippen molar-refractivity contribution in [2.75, 3.05) is 5.32 Å². The van der Waals surface area contributed by atoms with Crippen LogP contribution in [0, 0.1) is 16.0 Å². The number of nitrogens with one attached hydrogen (secondary N) is 1. The summed E-state index contributed by atoms with van der Waals surface area (Å²) < 4.78 is 5.23. The number of aryl methyl sites for hydroxylation is 1. The fourth-order valence-electron chi connectivity index (χ4n) is 2.34. The number of phenols is 1. The number of hydrogen-bond acceptors (Lipinski definition) is 6. The third-order valence-corrected chi connectivity index (χ3v) is 3.37. The number of carbonyl (C=O) groups excluding carboxylic acids is 2. The van der Waals surface area contributed by atoms with E-state index in [0.29, 0.717) is 5.56 Å². The molecule has 0 saturated heterocycles. The van der Waals surface area contributed by atoms with Gasteiger partial charge in [-0.2, -0.15) is 0 Å². The highest BCUT2D eigenvalue weighted by molar-refractivity contribution is 6.06. The van der Waals surface area contributed by atoms with Crippen molar-refractivity contribution in [3.8, 4) is 5.75 Å². The fourth-order valence-corrected chi connectivity index (χ4v) is 2.34. The number of aromatic hydroxyl groups is 1. The van der Waals surface area contributed by atoms with Crippen LogP contribution in [0.2, 0.25) is 0 Å². The third-order valence-electron chi connectivity index (χ3n) is 3.37. The van der Waals surface area contributed by atoms with Gasteiger partial charge >= 0.3 is 11.7 Å². The Morgan fingerprint density at radius 2 is 2.09 bits per heavy atom. The highest BCUT2D eigenvalue weighted by Crippen LogP contribution is 2.35. The second-order valence-corrected chi connectivity index (χ2v) is 6.37. The molecule has 0 spiro atoms. The van der Waals surface area contributed by atoms with E-state index in [1.807, 2.05) is 0 Å². The maximum absolute atomic E-state index is 12.2. The molecule has 0 aromatic heterocycles. The van der Waals surface area contributed by atoms with Gasteiger partial charge in [-0.05, 0) is 39.2 Å². The standard InChI is InChI=1S/C15H18N2O6/c1-15(2,3)23-14(20)9-5-4-8-6-11(17(21)22)12(18)7-10(8)16-13(9)19/h6-7,9,18H,4-5H2,1-3H3,(H,16,19)/t9-/m1/s1. The number of benzene rings is 1. The second-order valence-electron chi connectivity index (χ2n) is 6.37. The van der Waals surface area contributed by atoms with Crippen LogP contribution in [0.4, 0.5) is 11.4 Å². The smallest absolute Gasteiger partial charge is 0.319 e.